The minimum atomic E-state index is 0.898. The third-order valence-electron chi connectivity index (χ3n) is 1.31. The van der Waals surface area contributed by atoms with E-state index >= 15 is 0 Å². The molecule has 0 aliphatic rings. The highest BCUT2D eigenvalue weighted by molar-refractivity contribution is 5.16. The van der Waals surface area contributed by atoms with E-state index < -0.39 is 0 Å². The van der Waals surface area contributed by atoms with Crippen molar-refractivity contribution >= 4 is 0 Å². The summed E-state index contributed by atoms with van der Waals surface area (Å²) < 4.78 is 0. The molecule has 0 aliphatic heterocycles. The largest absolute Gasteiger partial charge is 0.316 e. The molecule has 1 N–H and O–H groups in total. The van der Waals surface area contributed by atoms with Crippen molar-refractivity contribution in [2.45, 2.75) is 13.5 Å². The van der Waals surface area contributed by atoms with Gasteiger partial charge in [-0.2, -0.15) is 0 Å². The molecular formula is C8H12N2. The fraction of sp³-hybridized carbons (Fsp3) is 0.375. The Morgan fingerprint density at radius 2 is 2.30 bits per heavy atom. The summed E-state index contributed by atoms with van der Waals surface area (Å²) in [5.41, 5.74) is 2.45. The highest BCUT2D eigenvalue weighted by Gasteiger charge is 1.89. The van der Waals surface area contributed by atoms with Crippen LogP contribution >= 0.6 is 0 Å². The molecule has 1 rings (SSSR count). The second-order valence-corrected chi connectivity index (χ2v) is 2.40. The van der Waals surface area contributed by atoms with Crippen LogP contribution in [0.4, 0.5) is 0 Å². The van der Waals surface area contributed by atoms with Crippen molar-refractivity contribution in [3.63, 3.8) is 0 Å². The van der Waals surface area contributed by atoms with E-state index in [1.807, 2.05) is 26.4 Å². The van der Waals surface area contributed by atoms with Crippen molar-refractivity contribution in [2.24, 2.45) is 0 Å². The second-order valence-electron chi connectivity index (χ2n) is 2.40. The molecule has 0 unspecified atom stereocenters. The third kappa shape index (κ3) is 1.81. The average Bonchev–Trinajstić information content (AvgIpc) is 1.88. The normalized spacial score (nSPS) is 9.80. The zero-order valence-corrected chi connectivity index (χ0v) is 6.39. The van der Waals surface area contributed by atoms with Gasteiger partial charge in [0.1, 0.15) is 0 Å². The lowest BCUT2D eigenvalue weighted by atomic mass is 10.2. The molecule has 0 spiro atoms. The van der Waals surface area contributed by atoms with Gasteiger partial charge < -0.3 is 5.32 Å². The van der Waals surface area contributed by atoms with Crippen LogP contribution in [0.2, 0.25) is 0 Å². The lowest BCUT2D eigenvalue weighted by Gasteiger charge is -1.98. The average molecular weight is 136 g/mol. The summed E-state index contributed by atoms with van der Waals surface area (Å²) in [6.45, 7) is 2.95. The fourth-order valence-electron chi connectivity index (χ4n) is 0.918. The smallest absolute Gasteiger partial charge is 0.0313 e. The predicted molar refractivity (Wildman–Crippen MR) is 41.7 cm³/mol. The summed E-state index contributed by atoms with van der Waals surface area (Å²) in [5, 5.41) is 3.07. The van der Waals surface area contributed by atoms with Crippen molar-refractivity contribution < 1.29 is 0 Å². The van der Waals surface area contributed by atoms with Crippen molar-refractivity contribution in [2.75, 3.05) is 7.05 Å². The van der Waals surface area contributed by atoms with Gasteiger partial charge in [-0.3, -0.25) is 4.98 Å². The molecule has 0 aromatic carbocycles. The maximum Gasteiger partial charge on any atom is 0.0313 e. The van der Waals surface area contributed by atoms with Gasteiger partial charge in [-0.05, 0) is 25.1 Å². The first-order valence-electron chi connectivity index (χ1n) is 3.38. The Balaban J connectivity index is 2.75. The Morgan fingerprint density at radius 3 is 2.90 bits per heavy atom. The minimum absolute atomic E-state index is 0.898. The van der Waals surface area contributed by atoms with Gasteiger partial charge >= 0.3 is 0 Å². The Hall–Kier alpha value is -0.890. The minimum Gasteiger partial charge on any atom is -0.316 e. The van der Waals surface area contributed by atoms with Crippen LogP contribution in [0.25, 0.3) is 0 Å². The molecular weight excluding hydrogens is 124 g/mol. The molecule has 0 aliphatic carbocycles. The molecule has 0 bridgehead atoms. The van der Waals surface area contributed by atoms with Gasteiger partial charge in [0.15, 0.2) is 0 Å². The van der Waals surface area contributed by atoms with Gasteiger partial charge in [0.05, 0.1) is 0 Å². The van der Waals surface area contributed by atoms with Crippen LogP contribution in [0.1, 0.15) is 11.1 Å². The maximum atomic E-state index is 4.06. The predicted octanol–water partition coefficient (Wildman–Crippen LogP) is 1.11. The van der Waals surface area contributed by atoms with Crippen molar-refractivity contribution in [1.29, 1.82) is 0 Å². The van der Waals surface area contributed by atoms with Gasteiger partial charge in [0, 0.05) is 18.9 Å². The summed E-state index contributed by atoms with van der Waals surface area (Å²) >= 11 is 0. The zero-order chi connectivity index (χ0) is 7.40. The highest BCUT2D eigenvalue weighted by atomic mass is 14.8. The molecule has 54 valence electrons. The van der Waals surface area contributed by atoms with Gasteiger partial charge in [-0.1, -0.05) is 6.07 Å². The lowest BCUT2D eigenvalue weighted by molar-refractivity contribution is 0.812. The van der Waals surface area contributed by atoms with Gasteiger partial charge in [0.2, 0.25) is 0 Å². The Kier molecular flexibility index (Phi) is 2.40. The maximum absolute atomic E-state index is 4.06. The number of aryl methyl sites for hydroxylation is 1. The highest BCUT2D eigenvalue weighted by Crippen LogP contribution is 1.99. The summed E-state index contributed by atoms with van der Waals surface area (Å²) in [5.74, 6) is 0. The monoisotopic (exact) mass is 136 g/mol. The second kappa shape index (κ2) is 3.32. The molecule has 1 aromatic heterocycles. The van der Waals surface area contributed by atoms with Crippen LogP contribution < -0.4 is 5.32 Å². The van der Waals surface area contributed by atoms with Gasteiger partial charge in [0.25, 0.3) is 0 Å². The number of rotatable bonds is 2. The molecule has 0 atom stereocenters. The number of hydrogen-bond donors (Lipinski definition) is 1. The number of hydrogen-bond acceptors (Lipinski definition) is 2. The van der Waals surface area contributed by atoms with E-state index in [1.165, 1.54) is 11.1 Å². The van der Waals surface area contributed by atoms with Gasteiger partial charge in [-0.25, -0.2) is 0 Å². The van der Waals surface area contributed by atoms with Gasteiger partial charge in [-0.15, -0.1) is 0 Å². The number of nitrogens with one attached hydrogen (secondary N) is 1. The number of aromatic nitrogens is 1. The van der Waals surface area contributed by atoms with Crippen LogP contribution in [0.5, 0.6) is 0 Å². The van der Waals surface area contributed by atoms with E-state index in [9.17, 15) is 0 Å². The topological polar surface area (TPSA) is 24.9 Å². The molecule has 0 radical (unpaired) electrons. The zero-order valence-electron chi connectivity index (χ0n) is 6.39. The van der Waals surface area contributed by atoms with Crippen molar-refractivity contribution in [3.05, 3.63) is 29.6 Å². The third-order valence-corrected chi connectivity index (χ3v) is 1.31. The molecule has 2 heteroatoms. The van der Waals surface area contributed by atoms with E-state index in [0.29, 0.717) is 0 Å². The molecule has 1 aromatic rings. The first-order chi connectivity index (χ1) is 4.83. The molecule has 0 fully saturated rings. The molecule has 1 heterocycles. The molecule has 0 saturated heterocycles. The number of nitrogens with zero attached hydrogens (tertiary/aromatic N) is 1. The fourth-order valence-corrected chi connectivity index (χ4v) is 0.918. The van der Waals surface area contributed by atoms with E-state index in [0.717, 1.165) is 6.54 Å². The lowest BCUT2D eigenvalue weighted by Crippen LogP contribution is -2.05. The Bertz CT molecular complexity index is 208. The summed E-state index contributed by atoms with van der Waals surface area (Å²) in [6.07, 6.45) is 3.74. The molecule has 0 saturated carbocycles. The molecule has 0 amide bonds. The van der Waals surface area contributed by atoms with Crippen molar-refractivity contribution in [3.8, 4) is 0 Å². The van der Waals surface area contributed by atoms with Crippen LogP contribution in [-0.2, 0) is 6.54 Å². The van der Waals surface area contributed by atoms with Crippen LogP contribution in [-0.4, -0.2) is 12.0 Å². The van der Waals surface area contributed by atoms with E-state index in [1.54, 1.807) is 0 Å². The Morgan fingerprint density at radius 1 is 1.50 bits per heavy atom. The van der Waals surface area contributed by atoms with Crippen molar-refractivity contribution in [1.82, 2.24) is 10.3 Å². The first kappa shape index (κ1) is 7.22. The SMILES string of the molecule is CNCc1cncc(C)c1. The standard InChI is InChI=1S/C8H12N2/c1-7-3-8(5-9-2)6-10-4-7/h3-4,6,9H,5H2,1-2H3. The molecule has 10 heavy (non-hydrogen) atoms. The number of pyridine rings is 1. The molecule has 2 nitrogen and oxygen atoms in total. The van der Waals surface area contributed by atoms with Crippen LogP contribution in [0.15, 0.2) is 18.5 Å². The summed E-state index contributed by atoms with van der Waals surface area (Å²) in [4.78, 5) is 4.06. The van der Waals surface area contributed by atoms with E-state index in [2.05, 4.69) is 16.4 Å². The van der Waals surface area contributed by atoms with E-state index in [-0.39, 0.29) is 0 Å². The Labute approximate surface area is 61.3 Å². The quantitative estimate of drug-likeness (QED) is 0.658. The summed E-state index contributed by atoms with van der Waals surface area (Å²) in [7, 11) is 1.93. The first-order valence-corrected chi connectivity index (χ1v) is 3.38. The van der Waals surface area contributed by atoms with Crippen LogP contribution in [0, 0.1) is 6.92 Å². The van der Waals surface area contributed by atoms with E-state index in [4.69, 9.17) is 0 Å². The summed E-state index contributed by atoms with van der Waals surface area (Å²) in [6, 6.07) is 2.13. The van der Waals surface area contributed by atoms with Crippen LogP contribution in [0.3, 0.4) is 0 Å².